The number of halogens is 4. The van der Waals surface area contributed by atoms with Crippen LogP contribution >= 0.6 is 0 Å². The molecule has 1 amide bonds. The molecule has 10 heteroatoms. The van der Waals surface area contributed by atoms with Crippen LogP contribution in [0.3, 0.4) is 0 Å². The normalized spacial score (nSPS) is 15.9. The Morgan fingerprint density at radius 1 is 1.15 bits per heavy atom. The van der Waals surface area contributed by atoms with Gasteiger partial charge < -0.3 is 19.7 Å². The fraction of sp³-hybridized carbons (Fsp3) is 0.250. The third-order valence-corrected chi connectivity index (χ3v) is 5.33. The summed E-state index contributed by atoms with van der Waals surface area (Å²) in [7, 11) is 0. The third kappa shape index (κ3) is 5.38. The quantitative estimate of drug-likeness (QED) is 0.415. The van der Waals surface area contributed by atoms with Gasteiger partial charge in [-0.2, -0.15) is 13.2 Å². The summed E-state index contributed by atoms with van der Waals surface area (Å²) in [6.07, 6.45) is -3.45. The molecule has 0 saturated carbocycles. The summed E-state index contributed by atoms with van der Waals surface area (Å²) in [5.41, 5.74) is 0.422. The average molecular weight is 475 g/mol. The predicted molar refractivity (Wildman–Crippen MR) is 117 cm³/mol. The molecule has 1 aromatic heterocycles. The van der Waals surface area contributed by atoms with E-state index in [0.29, 0.717) is 37.2 Å². The molecule has 0 radical (unpaired) electrons. The van der Waals surface area contributed by atoms with E-state index in [1.165, 1.54) is 24.3 Å². The first-order valence-corrected chi connectivity index (χ1v) is 10.5. The molecule has 1 fully saturated rings. The van der Waals surface area contributed by atoms with Crippen LogP contribution in [0.25, 0.3) is 0 Å². The molecule has 0 unspecified atom stereocenters. The van der Waals surface area contributed by atoms with Gasteiger partial charge in [-0.3, -0.25) is 0 Å². The molecule has 1 saturated heterocycles. The summed E-state index contributed by atoms with van der Waals surface area (Å²) in [4.78, 5) is 17.1. The number of hydrogen-bond acceptors (Lipinski definition) is 5. The lowest BCUT2D eigenvalue weighted by atomic mass is 10.1. The molecule has 4 rings (SSSR count). The topological polar surface area (TPSA) is 63.7 Å². The zero-order valence-electron chi connectivity index (χ0n) is 18.1. The monoisotopic (exact) mass is 475 g/mol. The van der Waals surface area contributed by atoms with Crippen molar-refractivity contribution < 1.29 is 31.8 Å². The number of nitrogens with one attached hydrogen (secondary N) is 1. The maximum absolute atomic E-state index is 14.5. The van der Waals surface area contributed by atoms with Crippen LogP contribution in [0.5, 0.6) is 11.5 Å². The molecule has 3 aromatic rings. The second-order valence-corrected chi connectivity index (χ2v) is 7.67. The van der Waals surface area contributed by atoms with E-state index in [4.69, 9.17) is 9.47 Å². The molecular weight excluding hydrogens is 454 g/mol. The Labute approximate surface area is 193 Å². The van der Waals surface area contributed by atoms with Crippen molar-refractivity contribution in [1.29, 1.82) is 0 Å². The number of alkyl halides is 3. The summed E-state index contributed by atoms with van der Waals surface area (Å²) in [5.74, 6) is -0.0849. The highest BCUT2D eigenvalue weighted by molar-refractivity contribution is 5.70. The molecule has 1 aliphatic heterocycles. The smallest absolute Gasteiger partial charge is 0.417 e. The molecule has 0 spiro atoms. The van der Waals surface area contributed by atoms with Gasteiger partial charge in [-0.1, -0.05) is 12.1 Å². The predicted octanol–water partition coefficient (Wildman–Crippen LogP) is 6.16. The van der Waals surface area contributed by atoms with Gasteiger partial charge in [-0.25, -0.2) is 14.2 Å². The zero-order valence-corrected chi connectivity index (χ0v) is 18.1. The fourth-order valence-corrected chi connectivity index (χ4v) is 3.58. The summed E-state index contributed by atoms with van der Waals surface area (Å²) >= 11 is 0. The lowest BCUT2D eigenvalue weighted by Gasteiger charge is -2.19. The van der Waals surface area contributed by atoms with Crippen LogP contribution in [0.4, 0.5) is 33.9 Å². The molecule has 1 atom stereocenters. The van der Waals surface area contributed by atoms with Crippen molar-refractivity contribution in [1.82, 2.24) is 9.88 Å². The molecule has 178 valence electrons. The van der Waals surface area contributed by atoms with Crippen molar-refractivity contribution >= 4 is 17.6 Å². The molecule has 6 nitrogen and oxygen atoms in total. The third-order valence-electron chi connectivity index (χ3n) is 5.33. The summed E-state index contributed by atoms with van der Waals surface area (Å²) in [5, 5.41) is 2.76. The Balaban J connectivity index is 1.37. The van der Waals surface area contributed by atoms with Crippen LogP contribution in [-0.4, -0.2) is 35.2 Å². The molecule has 0 bridgehead atoms. The lowest BCUT2D eigenvalue weighted by Crippen LogP contribution is -2.34. The first-order valence-electron chi connectivity index (χ1n) is 10.5. The van der Waals surface area contributed by atoms with E-state index in [1.807, 2.05) is 19.1 Å². The molecule has 1 aliphatic rings. The van der Waals surface area contributed by atoms with Crippen molar-refractivity contribution in [2.24, 2.45) is 0 Å². The van der Waals surface area contributed by atoms with Crippen LogP contribution < -0.4 is 10.1 Å². The Hall–Kier alpha value is -3.82. The second kappa shape index (κ2) is 9.58. The largest absolute Gasteiger partial charge is 0.454 e. The number of aromatic nitrogens is 1. The zero-order chi connectivity index (χ0) is 24.3. The number of likely N-dealkylation sites (N-methyl/N-ethyl adjacent to an activating group) is 1. The van der Waals surface area contributed by atoms with Gasteiger partial charge in [0.1, 0.15) is 18.2 Å². The van der Waals surface area contributed by atoms with Gasteiger partial charge in [-0.05, 0) is 55.3 Å². The number of anilines is 2. The molecule has 2 heterocycles. The van der Waals surface area contributed by atoms with Gasteiger partial charge in [0.25, 0.3) is 0 Å². The van der Waals surface area contributed by atoms with Gasteiger partial charge in [-0.15, -0.1) is 0 Å². The van der Waals surface area contributed by atoms with E-state index in [9.17, 15) is 22.4 Å². The minimum atomic E-state index is -4.48. The Kier molecular flexibility index (Phi) is 6.58. The number of nitrogens with zero attached hydrogens (tertiary/aromatic N) is 2. The van der Waals surface area contributed by atoms with Crippen LogP contribution in [0.2, 0.25) is 0 Å². The SMILES string of the molecule is CCN1C(=O)OC[C@@H]1Cc1ccc(Oc2ccc(Nc3ccc(C(F)(F)F)cn3)cc2F)cc1. The highest BCUT2D eigenvalue weighted by atomic mass is 19.4. The number of rotatable bonds is 7. The fourth-order valence-electron chi connectivity index (χ4n) is 3.58. The van der Waals surface area contributed by atoms with Crippen LogP contribution in [0, 0.1) is 5.82 Å². The first kappa shape index (κ1) is 23.3. The van der Waals surface area contributed by atoms with E-state index in [-0.39, 0.29) is 23.7 Å². The lowest BCUT2D eigenvalue weighted by molar-refractivity contribution is -0.137. The average Bonchev–Trinajstić information content (AvgIpc) is 3.15. The number of ether oxygens (including phenoxy) is 2. The number of pyridine rings is 1. The number of carbonyl (C=O) groups is 1. The molecule has 0 aliphatic carbocycles. The van der Waals surface area contributed by atoms with Crippen molar-refractivity contribution in [3.63, 3.8) is 0 Å². The minimum Gasteiger partial charge on any atom is -0.454 e. The van der Waals surface area contributed by atoms with Gasteiger partial charge in [0, 0.05) is 24.5 Å². The molecule has 1 N–H and O–H groups in total. The first-order chi connectivity index (χ1) is 16.2. The Morgan fingerprint density at radius 2 is 1.91 bits per heavy atom. The highest BCUT2D eigenvalue weighted by Crippen LogP contribution is 2.31. The standard InChI is InChI=1S/C24H21F4N3O3/c1-2-31-18(14-33-23(31)32)11-15-3-7-19(8-4-15)34-21-9-6-17(12-20(21)25)30-22-10-5-16(13-29-22)24(26,27)28/h3-10,12-13,18H,2,11,14H2,1H3,(H,29,30)/t18-/m0/s1. The van der Waals surface area contributed by atoms with Gasteiger partial charge in [0.2, 0.25) is 0 Å². The van der Waals surface area contributed by atoms with E-state index in [1.54, 1.807) is 17.0 Å². The minimum absolute atomic E-state index is 0.00868. The summed E-state index contributed by atoms with van der Waals surface area (Å²) in [6.45, 7) is 2.81. The molecule has 2 aromatic carbocycles. The number of hydrogen-bond donors (Lipinski definition) is 1. The van der Waals surface area contributed by atoms with Crippen molar-refractivity contribution in [2.45, 2.75) is 25.6 Å². The number of carbonyl (C=O) groups excluding carboxylic acids is 1. The van der Waals surface area contributed by atoms with E-state index < -0.39 is 17.6 Å². The van der Waals surface area contributed by atoms with Crippen molar-refractivity contribution in [3.05, 3.63) is 77.7 Å². The van der Waals surface area contributed by atoms with E-state index in [2.05, 4.69) is 10.3 Å². The summed E-state index contributed by atoms with van der Waals surface area (Å²) in [6, 6.07) is 13.2. The second-order valence-electron chi connectivity index (χ2n) is 7.67. The maximum atomic E-state index is 14.5. The van der Waals surface area contributed by atoms with Gasteiger partial charge in [0.15, 0.2) is 11.6 Å². The van der Waals surface area contributed by atoms with Crippen molar-refractivity contribution in [2.75, 3.05) is 18.5 Å². The van der Waals surface area contributed by atoms with Gasteiger partial charge in [0.05, 0.1) is 11.6 Å². The Bertz CT molecular complexity index is 1150. The highest BCUT2D eigenvalue weighted by Gasteiger charge is 2.31. The number of amides is 1. The number of cyclic esters (lactones) is 1. The van der Waals surface area contributed by atoms with Crippen molar-refractivity contribution in [3.8, 4) is 11.5 Å². The number of benzene rings is 2. The van der Waals surface area contributed by atoms with Gasteiger partial charge >= 0.3 is 12.3 Å². The van der Waals surface area contributed by atoms with Crippen LogP contribution in [0.15, 0.2) is 60.8 Å². The maximum Gasteiger partial charge on any atom is 0.417 e. The van der Waals surface area contributed by atoms with E-state index in [0.717, 1.165) is 11.6 Å². The molecular formula is C24H21F4N3O3. The Morgan fingerprint density at radius 3 is 2.53 bits per heavy atom. The molecule has 34 heavy (non-hydrogen) atoms. The summed E-state index contributed by atoms with van der Waals surface area (Å²) < 4.78 is 63.2. The van der Waals surface area contributed by atoms with E-state index >= 15 is 0 Å². The van der Waals surface area contributed by atoms with Crippen LogP contribution in [0.1, 0.15) is 18.1 Å². The van der Waals surface area contributed by atoms with Crippen LogP contribution in [-0.2, 0) is 17.3 Å².